The molecule has 0 radical (unpaired) electrons. The van der Waals surface area contributed by atoms with Gasteiger partial charge in [0.25, 0.3) is 11.6 Å². The van der Waals surface area contributed by atoms with E-state index < -0.39 is 22.9 Å². The van der Waals surface area contributed by atoms with Gasteiger partial charge >= 0.3 is 12.1 Å². The number of benzene rings is 2. The minimum atomic E-state index is -4.88. The number of amides is 2. The van der Waals surface area contributed by atoms with E-state index in [9.17, 15) is 32.9 Å². The largest absolute Gasteiger partial charge is 0.471 e. The normalized spacial score (nSPS) is 17.0. The highest BCUT2D eigenvalue weighted by Crippen LogP contribution is 2.32. The lowest BCUT2D eigenvalue weighted by Gasteiger charge is -2.36. The van der Waals surface area contributed by atoms with Crippen molar-refractivity contribution in [1.29, 1.82) is 0 Å². The molecule has 2 fully saturated rings. The summed E-state index contributed by atoms with van der Waals surface area (Å²) in [7, 11) is 0. The van der Waals surface area contributed by atoms with E-state index in [1.54, 1.807) is 36.4 Å². The highest BCUT2D eigenvalue weighted by atomic mass is 19.4. The Morgan fingerprint density at radius 3 is 2.14 bits per heavy atom. The number of nitrogens with zero attached hydrogens (tertiary/aromatic N) is 4. The first-order valence-corrected chi connectivity index (χ1v) is 12.1. The van der Waals surface area contributed by atoms with Crippen LogP contribution >= 0.6 is 0 Å². The Morgan fingerprint density at radius 1 is 0.946 bits per heavy atom. The number of nitro benzene ring substituents is 1. The van der Waals surface area contributed by atoms with Gasteiger partial charge in [-0.3, -0.25) is 19.7 Å². The van der Waals surface area contributed by atoms with Crippen LogP contribution in [0.15, 0.2) is 42.5 Å². The topological polar surface area (TPSA) is 99.0 Å². The molecule has 0 atom stereocenters. The summed E-state index contributed by atoms with van der Waals surface area (Å²) in [6, 6.07) is 11.2. The fourth-order valence-electron chi connectivity index (χ4n) is 4.63. The van der Waals surface area contributed by atoms with Crippen LogP contribution in [0.2, 0.25) is 0 Å². The lowest BCUT2D eigenvalue weighted by molar-refractivity contribution is -0.384. The van der Waals surface area contributed by atoms with Gasteiger partial charge in [0.15, 0.2) is 0 Å². The molecule has 0 saturated carbocycles. The molecule has 37 heavy (non-hydrogen) atoms. The van der Waals surface area contributed by atoms with Crippen molar-refractivity contribution < 1.29 is 27.7 Å². The van der Waals surface area contributed by atoms with E-state index in [0.29, 0.717) is 17.3 Å². The van der Waals surface area contributed by atoms with Crippen molar-refractivity contribution >= 4 is 34.6 Å². The number of hydrogen-bond donors (Lipinski definition) is 1. The molecular weight excluding hydrogens is 491 g/mol. The second-order valence-corrected chi connectivity index (χ2v) is 9.41. The Hall–Kier alpha value is -3.83. The van der Waals surface area contributed by atoms with Crippen molar-refractivity contribution in [3.8, 4) is 0 Å². The Morgan fingerprint density at radius 2 is 1.57 bits per heavy atom. The SMILES string of the molecule is CC1CCN(c2ccc(C(=O)Nc3ccc(N4CCN(C(=O)C(F)(F)F)CC4)cc3)cc2[N+](=O)[O-])CC1. The number of hydrogen-bond acceptors (Lipinski definition) is 6. The maximum absolute atomic E-state index is 12.8. The molecular formula is C25H28F3N5O4. The minimum Gasteiger partial charge on any atom is -0.368 e. The van der Waals surface area contributed by atoms with Gasteiger partial charge in [-0.2, -0.15) is 13.2 Å². The number of carbonyl (C=O) groups excluding carboxylic acids is 2. The van der Waals surface area contributed by atoms with Crippen molar-refractivity contribution in [3.63, 3.8) is 0 Å². The maximum atomic E-state index is 12.8. The van der Waals surface area contributed by atoms with Gasteiger partial charge in [-0.15, -0.1) is 0 Å². The first-order valence-electron chi connectivity index (χ1n) is 12.1. The van der Waals surface area contributed by atoms with Gasteiger partial charge in [0, 0.05) is 62.3 Å². The molecule has 4 rings (SSSR count). The highest BCUT2D eigenvalue weighted by molar-refractivity contribution is 6.05. The fourth-order valence-corrected chi connectivity index (χ4v) is 4.63. The van der Waals surface area contributed by atoms with Crippen LogP contribution in [0.5, 0.6) is 0 Å². The first kappa shape index (κ1) is 26.2. The molecule has 12 heteroatoms. The van der Waals surface area contributed by atoms with E-state index in [1.165, 1.54) is 6.07 Å². The zero-order valence-corrected chi connectivity index (χ0v) is 20.3. The Bertz CT molecular complexity index is 1160. The van der Waals surface area contributed by atoms with Crippen molar-refractivity contribution in [2.45, 2.75) is 25.9 Å². The van der Waals surface area contributed by atoms with E-state index in [0.717, 1.165) is 36.5 Å². The molecule has 9 nitrogen and oxygen atoms in total. The van der Waals surface area contributed by atoms with Crippen LogP contribution in [-0.4, -0.2) is 67.1 Å². The number of nitrogens with one attached hydrogen (secondary N) is 1. The summed E-state index contributed by atoms with van der Waals surface area (Å²) in [5, 5.41) is 14.4. The molecule has 2 aliphatic heterocycles. The molecule has 2 heterocycles. The predicted octanol–water partition coefficient (Wildman–Crippen LogP) is 4.29. The van der Waals surface area contributed by atoms with Crippen LogP contribution in [0.25, 0.3) is 0 Å². The Kier molecular flexibility index (Phi) is 7.55. The molecule has 0 bridgehead atoms. The van der Waals surface area contributed by atoms with Crippen LogP contribution < -0.4 is 15.1 Å². The van der Waals surface area contributed by atoms with Crippen LogP contribution in [0.1, 0.15) is 30.1 Å². The van der Waals surface area contributed by atoms with E-state index in [4.69, 9.17) is 0 Å². The minimum absolute atomic E-state index is 0.0396. The summed E-state index contributed by atoms with van der Waals surface area (Å²) in [6.45, 7) is 4.04. The number of alkyl halides is 3. The standard InChI is InChI=1S/C25H28F3N5O4/c1-17-8-10-31(11-9-17)21-7-2-18(16-22(21)33(36)37)23(34)29-19-3-5-20(6-4-19)30-12-14-32(15-13-30)24(35)25(26,27)28/h2-7,16-17H,8-15H2,1H3,(H,29,34). The number of nitro groups is 1. The van der Waals surface area contributed by atoms with E-state index >= 15 is 0 Å². The highest BCUT2D eigenvalue weighted by Gasteiger charge is 2.43. The van der Waals surface area contributed by atoms with E-state index in [1.807, 2.05) is 9.80 Å². The molecule has 0 aliphatic carbocycles. The number of carbonyl (C=O) groups is 2. The molecule has 2 saturated heterocycles. The Labute approximate surface area is 212 Å². The molecule has 0 spiro atoms. The number of anilines is 3. The predicted molar refractivity (Wildman–Crippen MR) is 133 cm³/mol. The summed E-state index contributed by atoms with van der Waals surface area (Å²) in [5.41, 5.74) is 1.77. The Balaban J connectivity index is 1.38. The van der Waals surface area contributed by atoms with Gasteiger partial charge in [-0.05, 0) is 55.2 Å². The van der Waals surface area contributed by atoms with E-state index in [-0.39, 0.29) is 37.4 Å². The third kappa shape index (κ3) is 6.12. The van der Waals surface area contributed by atoms with E-state index in [2.05, 4.69) is 12.2 Å². The molecule has 198 valence electrons. The fraction of sp³-hybridized carbons (Fsp3) is 0.440. The molecule has 1 N–H and O–H groups in total. The number of halogens is 3. The van der Waals surface area contributed by atoms with Crippen LogP contribution in [-0.2, 0) is 4.79 Å². The van der Waals surface area contributed by atoms with Gasteiger partial charge in [0.2, 0.25) is 0 Å². The lowest BCUT2D eigenvalue weighted by Crippen LogP contribution is -2.52. The molecule has 0 aromatic heterocycles. The molecule has 2 aliphatic rings. The smallest absolute Gasteiger partial charge is 0.368 e. The summed E-state index contributed by atoms with van der Waals surface area (Å²) in [5.74, 6) is -1.74. The monoisotopic (exact) mass is 519 g/mol. The zero-order valence-electron chi connectivity index (χ0n) is 20.3. The van der Waals surface area contributed by atoms with Gasteiger partial charge < -0.3 is 20.0 Å². The summed E-state index contributed by atoms with van der Waals surface area (Å²) in [4.78, 5) is 40.1. The van der Waals surface area contributed by atoms with Gasteiger partial charge in [-0.25, -0.2) is 0 Å². The number of piperidine rings is 1. The molecule has 0 unspecified atom stereocenters. The first-order chi connectivity index (χ1) is 17.5. The third-order valence-electron chi connectivity index (χ3n) is 6.86. The quantitative estimate of drug-likeness (QED) is 0.467. The van der Waals surface area contributed by atoms with Crippen LogP contribution in [0.4, 0.5) is 35.9 Å². The van der Waals surface area contributed by atoms with Crippen molar-refractivity contribution in [2.24, 2.45) is 5.92 Å². The lowest BCUT2D eigenvalue weighted by atomic mass is 9.98. The second-order valence-electron chi connectivity index (χ2n) is 9.41. The maximum Gasteiger partial charge on any atom is 0.471 e. The van der Waals surface area contributed by atoms with Gasteiger partial charge in [0.05, 0.1) is 4.92 Å². The van der Waals surface area contributed by atoms with Crippen LogP contribution in [0.3, 0.4) is 0 Å². The summed E-state index contributed by atoms with van der Waals surface area (Å²) in [6.07, 6.45) is -2.97. The van der Waals surface area contributed by atoms with Crippen molar-refractivity contribution in [2.75, 3.05) is 54.4 Å². The molecule has 2 aromatic carbocycles. The van der Waals surface area contributed by atoms with Crippen LogP contribution in [0, 0.1) is 16.0 Å². The zero-order chi connectivity index (χ0) is 26.7. The molecule has 2 aromatic rings. The van der Waals surface area contributed by atoms with Crippen molar-refractivity contribution in [3.05, 3.63) is 58.1 Å². The van der Waals surface area contributed by atoms with Gasteiger partial charge in [-0.1, -0.05) is 6.92 Å². The second kappa shape index (κ2) is 10.7. The number of piperazine rings is 1. The van der Waals surface area contributed by atoms with Gasteiger partial charge in [0.1, 0.15) is 5.69 Å². The average Bonchev–Trinajstić information content (AvgIpc) is 2.88. The van der Waals surface area contributed by atoms with Crippen molar-refractivity contribution in [1.82, 2.24) is 4.90 Å². The summed E-state index contributed by atoms with van der Waals surface area (Å²) < 4.78 is 37.9. The molecule has 2 amide bonds. The average molecular weight is 520 g/mol. The third-order valence-corrected chi connectivity index (χ3v) is 6.86. The number of rotatable bonds is 5. The summed E-state index contributed by atoms with van der Waals surface area (Å²) >= 11 is 0.